The predicted octanol–water partition coefficient (Wildman–Crippen LogP) is 0.885. The number of nitrogens with two attached hydrogens (primary N) is 1. The standard InChI is InChI=1S/C14H21N3O2S/c15-20(18,19)17-10-8-16(9-11-17)14-7-3-5-12-4-1-2-6-13(12)14/h1-2,4,6,14H,3,5,7-11H2,(H2,15,18,19). The maximum absolute atomic E-state index is 11.4. The Balaban J connectivity index is 1.74. The Labute approximate surface area is 120 Å². The van der Waals surface area contributed by atoms with Gasteiger partial charge in [0, 0.05) is 32.2 Å². The van der Waals surface area contributed by atoms with E-state index in [1.165, 1.54) is 21.9 Å². The molecule has 1 aromatic carbocycles. The fourth-order valence-electron chi connectivity index (χ4n) is 3.38. The molecule has 6 heteroatoms. The van der Waals surface area contributed by atoms with Crippen LogP contribution in [0.2, 0.25) is 0 Å². The molecule has 0 radical (unpaired) electrons. The van der Waals surface area contributed by atoms with E-state index in [9.17, 15) is 8.42 Å². The van der Waals surface area contributed by atoms with Gasteiger partial charge in [0.1, 0.15) is 0 Å². The first-order chi connectivity index (χ1) is 9.55. The van der Waals surface area contributed by atoms with Gasteiger partial charge in [-0.15, -0.1) is 0 Å². The quantitative estimate of drug-likeness (QED) is 0.881. The van der Waals surface area contributed by atoms with Crippen LogP contribution in [0.25, 0.3) is 0 Å². The highest BCUT2D eigenvalue weighted by Gasteiger charge is 2.30. The first-order valence-corrected chi connectivity index (χ1v) is 8.66. The van der Waals surface area contributed by atoms with Crippen molar-refractivity contribution >= 4 is 10.2 Å². The summed E-state index contributed by atoms with van der Waals surface area (Å²) in [6, 6.07) is 9.05. The van der Waals surface area contributed by atoms with E-state index < -0.39 is 10.2 Å². The summed E-state index contributed by atoms with van der Waals surface area (Å²) < 4.78 is 24.1. The van der Waals surface area contributed by atoms with Crippen molar-refractivity contribution in [1.82, 2.24) is 9.21 Å². The molecule has 110 valence electrons. The molecule has 1 atom stereocenters. The number of benzene rings is 1. The van der Waals surface area contributed by atoms with Crippen molar-refractivity contribution in [3.05, 3.63) is 35.4 Å². The Morgan fingerprint density at radius 1 is 1.10 bits per heavy atom. The maximum Gasteiger partial charge on any atom is 0.276 e. The lowest BCUT2D eigenvalue weighted by Gasteiger charge is -2.40. The molecular formula is C14H21N3O2S. The van der Waals surface area contributed by atoms with Crippen LogP contribution in [0.4, 0.5) is 0 Å². The molecule has 2 N–H and O–H groups in total. The van der Waals surface area contributed by atoms with E-state index in [4.69, 9.17) is 5.14 Å². The zero-order valence-corrected chi connectivity index (χ0v) is 12.3. The summed E-state index contributed by atoms with van der Waals surface area (Å²) in [6.45, 7) is 2.51. The zero-order chi connectivity index (χ0) is 14.2. The first kappa shape index (κ1) is 14.0. The van der Waals surface area contributed by atoms with Crippen molar-refractivity contribution in [3.63, 3.8) is 0 Å². The lowest BCUT2D eigenvalue weighted by Crippen LogP contribution is -2.51. The number of nitrogens with zero attached hydrogens (tertiary/aromatic N) is 2. The van der Waals surface area contributed by atoms with Crippen molar-refractivity contribution in [3.8, 4) is 0 Å². The fourth-order valence-corrected chi connectivity index (χ4v) is 4.05. The van der Waals surface area contributed by atoms with Crippen LogP contribution in [0, 0.1) is 0 Å². The Morgan fingerprint density at radius 2 is 1.80 bits per heavy atom. The third-order valence-corrected chi connectivity index (χ3v) is 5.50. The van der Waals surface area contributed by atoms with Gasteiger partial charge in [-0.3, -0.25) is 4.90 Å². The van der Waals surface area contributed by atoms with Gasteiger partial charge in [-0.2, -0.15) is 12.7 Å². The van der Waals surface area contributed by atoms with Crippen molar-refractivity contribution in [1.29, 1.82) is 0 Å². The Bertz CT molecular complexity index is 580. The van der Waals surface area contributed by atoms with Crippen molar-refractivity contribution in [2.24, 2.45) is 5.14 Å². The van der Waals surface area contributed by atoms with Gasteiger partial charge in [-0.05, 0) is 30.4 Å². The summed E-state index contributed by atoms with van der Waals surface area (Å²) >= 11 is 0. The van der Waals surface area contributed by atoms with Gasteiger partial charge in [0.15, 0.2) is 0 Å². The zero-order valence-electron chi connectivity index (χ0n) is 11.5. The number of rotatable bonds is 2. The second-order valence-electron chi connectivity index (χ2n) is 5.59. The average molecular weight is 295 g/mol. The van der Waals surface area contributed by atoms with Crippen molar-refractivity contribution in [2.75, 3.05) is 26.2 Å². The molecule has 5 nitrogen and oxygen atoms in total. The number of hydrogen-bond donors (Lipinski definition) is 1. The molecule has 0 saturated carbocycles. The molecule has 1 unspecified atom stereocenters. The SMILES string of the molecule is NS(=O)(=O)N1CCN(C2CCCc3ccccc32)CC1. The Hall–Kier alpha value is -0.950. The van der Waals surface area contributed by atoms with Gasteiger partial charge in [0.2, 0.25) is 0 Å². The second-order valence-corrected chi connectivity index (χ2v) is 7.13. The van der Waals surface area contributed by atoms with E-state index in [1.807, 2.05) is 0 Å². The first-order valence-electron chi connectivity index (χ1n) is 7.15. The lowest BCUT2D eigenvalue weighted by atomic mass is 9.86. The third kappa shape index (κ3) is 2.74. The number of fused-ring (bicyclic) bond motifs is 1. The van der Waals surface area contributed by atoms with Gasteiger partial charge in [-0.25, -0.2) is 5.14 Å². The summed E-state index contributed by atoms with van der Waals surface area (Å²) in [5, 5.41) is 5.19. The van der Waals surface area contributed by atoms with Gasteiger partial charge < -0.3 is 0 Å². The van der Waals surface area contributed by atoms with Crippen LogP contribution >= 0.6 is 0 Å². The average Bonchev–Trinajstić information content (AvgIpc) is 2.46. The normalized spacial score (nSPS) is 25.4. The Morgan fingerprint density at radius 3 is 2.50 bits per heavy atom. The highest BCUT2D eigenvalue weighted by atomic mass is 32.2. The third-order valence-electron chi connectivity index (χ3n) is 4.41. The molecule has 0 spiro atoms. The smallest absolute Gasteiger partial charge is 0.276 e. The highest BCUT2D eigenvalue weighted by molar-refractivity contribution is 7.86. The summed E-state index contributed by atoms with van der Waals surface area (Å²) in [5.41, 5.74) is 2.86. The summed E-state index contributed by atoms with van der Waals surface area (Å²) in [7, 11) is -3.53. The summed E-state index contributed by atoms with van der Waals surface area (Å²) in [6.07, 6.45) is 3.52. The second kappa shape index (κ2) is 5.44. The van der Waals surface area contributed by atoms with Gasteiger partial charge >= 0.3 is 0 Å². The van der Waals surface area contributed by atoms with Gasteiger partial charge in [0.25, 0.3) is 10.2 Å². The molecule has 0 bridgehead atoms. The highest BCUT2D eigenvalue weighted by Crippen LogP contribution is 2.34. The van der Waals surface area contributed by atoms with E-state index in [-0.39, 0.29) is 0 Å². The minimum atomic E-state index is -3.53. The van der Waals surface area contributed by atoms with E-state index in [1.54, 1.807) is 0 Å². The minimum Gasteiger partial charge on any atom is -0.294 e. The monoisotopic (exact) mass is 295 g/mol. The van der Waals surface area contributed by atoms with Crippen LogP contribution in [0.15, 0.2) is 24.3 Å². The van der Waals surface area contributed by atoms with Gasteiger partial charge in [0.05, 0.1) is 0 Å². The summed E-state index contributed by atoms with van der Waals surface area (Å²) in [4.78, 5) is 2.40. The van der Waals surface area contributed by atoms with Crippen LogP contribution < -0.4 is 5.14 Å². The van der Waals surface area contributed by atoms with E-state index >= 15 is 0 Å². The molecule has 1 aliphatic heterocycles. The molecule has 20 heavy (non-hydrogen) atoms. The fraction of sp³-hybridized carbons (Fsp3) is 0.571. The summed E-state index contributed by atoms with van der Waals surface area (Å²) in [5.74, 6) is 0. The molecule has 0 aromatic heterocycles. The molecular weight excluding hydrogens is 274 g/mol. The number of aryl methyl sites for hydroxylation is 1. The molecule has 2 aliphatic rings. The Kier molecular flexibility index (Phi) is 3.81. The molecule has 1 fully saturated rings. The largest absolute Gasteiger partial charge is 0.294 e. The van der Waals surface area contributed by atoms with Crippen LogP contribution in [0.3, 0.4) is 0 Å². The molecule has 1 aliphatic carbocycles. The molecule has 0 amide bonds. The topological polar surface area (TPSA) is 66.6 Å². The number of hydrogen-bond acceptors (Lipinski definition) is 3. The van der Waals surface area contributed by atoms with E-state index in [0.717, 1.165) is 25.9 Å². The molecule has 1 heterocycles. The van der Waals surface area contributed by atoms with Crippen molar-refractivity contribution < 1.29 is 8.42 Å². The maximum atomic E-state index is 11.4. The van der Waals surface area contributed by atoms with E-state index in [0.29, 0.717) is 19.1 Å². The molecule has 1 aromatic rings. The van der Waals surface area contributed by atoms with Gasteiger partial charge in [-0.1, -0.05) is 24.3 Å². The van der Waals surface area contributed by atoms with E-state index in [2.05, 4.69) is 29.2 Å². The van der Waals surface area contributed by atoms with Crippen LogP contribution in [0.5, 0.6) is 0 Å². The molecule has 3 rings (SSSR count). The van der Waals surface area contributed by atoms with Crippen LogP contribution in [0.1, 0.15) is 30.0 Å². The van der Waals surface area contributed by atoms with Crippen LogP contribution in [-0.4, -0.2) is 43.8 Å². The van der Waals surface area contributed by atoms with Crippen molar-refractivity contribution in [2.45, 2.75) is 25.3 Å². The minimum absolute atomic E-state index is 0.433. The number of piperazine rings is 1. The lowest BCUT2D eigenvalue weighted by molar-refractivity contribution is 0.125. The van der Waals surface area contributed by atoms with Crippen LogP contribution in [-0.2, 0) is 16.6 Å². The predicted molar refractivity (Wildman–Crippen MR) is 78.4 cm³/mol. The molecule has 1 saturated heterocycles.